The second kappa shape index (κ2) is 9.81. The van der Waals surface area contributed by atoms with E-state index in [2.05, 4.69) is 4.74 Å². The minimum atomic E-state index is -0.862. The van der Waals surface area contributed by atoms with Crippen molar-refractivity contribution in [3.05, 3.63) is 71.3 Å². The standard InChI is InChI=1S/C19H16F2N2O5/c1-27-16-8-6-12(10-15(16)21)7-9-18(25)28-11-17(24)22-23-19(26)13-4-2-3-5-14(13)20/h2-10H,11H2,1H3,(H,22,24)(H,23,26)/b9-7+. The van der Waals surface area contributed by atoms with Crippen molar-refractivity contribution < 1.29 is 32.6 Å². The molecule has 0 unspecified atom stereocenters. The lowest BCUT2D eigenvalue weighted by molar-refractivity contribution is -0.144. The molecule has 0 aliphatic heterocycles. The first kappa shape index (κ1) is 20.6. The van der Waals surface area contributed by atoms with Gasteiger partial charge in [0.2, 0.25) is 0 Å². The molecule has 2 aromatic rings. The molecule has 0 atom stereocenters. The summed E-state index contributed by atoms with van der Waals surface area (Å²) >= 11 is 0. The number of hydrazine groups is 1. The Labute approximate surface area is 158 Å². The number of ether oxygens (including phenoxy) is 2. The molecule has 0 spiro atoms. The van der Waals surface area contributed by atoms with Crippen LogP contribution in [0.2, 0.25) is 0 Å². The van der Waals surface area contributed by atoms with Crippen molar-refractivity contribution in [1.29, 1.82) is 0 Å². The van der Waals surface area contributed by atoms with Crippen LogP contribution in [-0.2, 0) is 14.3 Å². The number of esters is 1. The van der Waals surface area contributed by atoms with Crippen LogP contribution in [0.15, 0.2) is 48.5 Å². The Morgan fingerprint density at radius 3 is 2.46 bits per heavy atom. The molecule has 2 N–H and O–H groups in total. The molecule has 2 amide bonds. The van der Waals surface area contributed by atoms with Crippen LogP contribution in [0.5, 0.6) is 5.75 Å². The third-order valence-corrected chi connectivity index (χ3v) is 3.37. The Bertz CT molecular complexity index is 915. The Hall–Kier alpha value is -3.75. The van der Waals surface area contributed by atoms with E-state index in [0.29, 0.717) is 5.56 Å². The minimum absolute atomic E-state index is 0.0637. The molecular formula is C19H16F2N2O5. The van der Waals surface area contributed by atoms with Crippen LogP contribution < -0.4 is 15.6 Å². The van der Waals surface area contributed by atoms with Gasteiger partial charge in [-0.2, -0.15) is 0 Å². The van der Waals surface area contributed by atoms with E-state index in [9.17, 15) is 23.2 Å². The van der Waals surface area contributed by atoms with Crippen LogP contribution in [0.4, 0.5) is 8.78 Å². The van der Waals surface area contributed by atoms with E-state index in [1.54, 1.807) is 0 Å². The number of hydrogen-bond donors (Lipinski definition) is 2. The molecular weight excluding hydrogens is 374 g/mol. The molecule has 146 valence electrons. The van der Waals surface area contributed by atoms with Crippen LogP contribution in [0.1, 0.15) is 15.9 Å². The van der Waals surface area contributed by atoms with Crippen LogP contribution in [0.25, 0.3) is 6.08 Å². The Balaban J connectivity index is 1.77. The topological polar surface area (TPSA) is 93.7 Å². The second-order valence-electron chi connectivity index (χ2n) is 5.32. The zero-order valence-corrected chi connectivity index (χ0v) is 14.7. The van der Waals surface area contributed by atoms with Gasteiger partial charge in [0.05, 0.1) is 12.7 Å². The third kappa shape index (κ3) is 5.90. The average molecular weight is 390 g/mol. The molecule has 0 saturated heterocycles. The van der Waals surface area contributed by atoms with Gasteiger partial charge in [0.15, 0.2) is 18.2 Å². The smallest absolute Gasteiger partial charge is 0.331 e. The second-order valence-corrected chi connectivity index (χ2v) is 5.32. The highest BCUT2D eigenvalue weighted by atomic mass is 19.1. The van der Waals surface area contributed by atoms with Gasteiger partial charge in [0.1, 0.15) is 5.82 Å². The molecule has 0 aliphatic rings. The molecule has 0 radical (unpaired) electrons. The maximum absolute atomic E-state index is 13.5. The van der Waals surface area contributed by atoms with Crippen molar-refractivity contribution in [1.82, 2.24) is 10.9 Å². The minimum Gasteiger partial charge on any atom is -0.494 e. The third-order valence-electron chi connectivity index (χ3n) is 3.37. The Kier molecular flexibility index (Phi) is 7.21. The number of rotatable bonds is 6. The SMILES string of the molecule is COc1ccc(/C=C/C(=O)OCC(=O)NNC(=O)c2ccccc2F)cc1F. The molecule has 0 bridgehead atoms. The van der Waals surface area contributed by atoms with Gasteiger partial charge >= 0.3 is 5.97 Å². The van der Waals surface area contributed by atoms with Gasteiger partial charge in [-0.25, -0.2) is 13.6 Å². The van der Waals surface area contributed by atoms with Crippen molar-refractivity contribution in [2.75, 3.05) is 13.7 Å². The summed E-state index contributed by atoms with van der Waals surface area (Å²) in [5.74, 6) is -3.83. The number of halogens is 2. The number of methoxy groups -OCH3 is 1. The van der Waals surface area contributed by atoms with E-state index < -0.39 is 36.0 Å². The molecule has 0 fully saturated rings. The molecule has 9 heteroatoms. The lowest BCUT2D eigenvalue weighted by Crippen LogP contribution is -2.43. The van der Waals surface area contributed by atoms with Crippen LogP contribution >= 0.6 is 0 Å². The Morgan fingerprint density at radius 2 is 1.79 bits per heavy atom. The predicted molar refractivity (Wildman–Crippen MR) is 95.0 cm³/mol. The highest BCUT2D eigenvalue weighted by Gasteiger charge is 2.12. The van der Waals surface area contributed by atoms with Crippen molar-refractivity contribution in [3.63, 3.8) is 0 Å². The average Bonchev–Trinajstić information content (AvgIpc) is 2.69. The van der Waals surface area contributed by atoms with Gasteiger partial charge in [-0.1, -0.05) is 18.2 Å². The number of benzene rings is 2. The quantitative estimate of drug-likeness (QED) is 0.447. The Morgan fingerprint density at radius 1 is 1.04 bits per heavy atom. The molecule has 2 aromatic carbocycles. The van der Waals surface area contributed by atoms with Gasteiger partial charge in [0.25, 0.3) is 11.8 Å². The van der Waals surface area contributed by atoms with Crippen LogP contribution in [-0.4, -0.2) is 31.5 Å². The van der Waals surface area contributed by atoms with E-state index in [1.807, 2.05) is 10.9 Å². The number of carbonyl (C=O) groups is 3. The molecule has 0 aromatic heterocycles. The summed E-state index contributed by atoms with van der Waals surface area (Å²) in [6, 6.07) is 9.29. The maximum Gasteiger partial charge on any atom is 0.331 e. The monoisotopic (exact) mass is 390 g/mol. The molecule has 0 heterocycles. The summed E-state index contributed by atoms with van der Waals surface area (Å²) in [7, 11) is 1.33. The van der Waals surface area contributed by atoms with Gasteiger partial charge in [-0.15, -0.1) is 0 Å². The highest BCUT2D eigenvalue weighted by Crippen LogP contribution is 2.18. The zero-order chi connectivity index (χ0) is 20.5. The largest absolute Gasteiger partial charge is 0.494 e. The normalized spacial score (nSPS) is 10.4. The number of hydrogen-bond acceptors (Lipinski definition) is 5. The number of carbonyl (C=O) groups excluding carboxylic acids is 3. The number of amides is 2. The van der Waals surface area contributed by atoms with Crippen molar-refractivity contribution in [2.24, 2.45) is 0 Å². The number of nitrogens with one attached hydrogen (secondary N) is 2. The maximum atomic E-state index is 13.5. The highest BCUT2D eigenvalue weighted by molar-refractivity contribution is 5.96. The lowest BCUT2D eigenvalue weighted by atomic mass is 10.2. The summed E-state index contributed by atoms with van der Waals surface area (Å²) in [5.41, 5.74) is 4.12. The summed E-state index contributed by atoms with van der Waals surface area (Å²) in [6.45, 7) is -0.683. The first-order valence-electron chi connectivity index (χ1n) is 7.93. The molecule has 28 heavy (non-hydrogen) atoms. The van der Waals surface area contributed by atoms with Gasteiger partial charge in [0, 0.05) is 6.08 Å². The zero-order valence-electron chi connectivity index (χ0n) is 14.7. The lowest BCUT2D eigenvalue weighted by Gasteiger charge is -2.08. The van der Waals surface area contributed by atoms with Gasteiger partial charge in [-0.3, -0.25) is 20.4 Å². The fourth-order valence-electron chi connectivity index (χ4n) is 2.01. The van der Waals surface area contributed by atoms with E-state index >= 15 is 0 Å². The fraction of sp³-hybridized carbons (Fsp3) is 0.105. The first-order chi connectivity index (χ1) is 13.4. The van der Waals surface area contributed by atoms with Crippen LogP contribution in [0, 0.1) is 11.6 Å². The van der Waals surface area contributed by atoms with Gasteiger partial charge < -0.3 is 9.47 Å². The summed E-state index contributed by atoms with van der Waals surface area (Å²) in [6.07, 6.45) is 2.30. The summed E-state index contributed by atoms with van der Waals surface area (Å²) < 4.78 is 36.4. The van der Waals surface area contributed by atoms with Gasteiger partial charge in [-0.05, 0) is 35.9 Å². The van der Waals surface area contributed by atoms with E-state index in [4.69, 9.17) is 4.74 Å². The van der Waals surface area contributed by atoms with E-state index in [-0.39, 0.29) is 11.3 Å². The summed E-state index contributed by atoms with van der Waals surface area (Å²) in [4.78, 5) is 34.9. The predicted octanol–water partition coefficient (Wildman–Crippen LogP) is 1.99. The van der Waals surface area contributed by atoms with Crippen molar-refractivity contribution in [2.45, 2.75) is 0 Å². The molecule has 2 rings (SSSR count). The first-order valence-corrected chi connectivity index (χ1v) is 7.93. The van der Waals surface area contributed by atoms with E-state index in [1.165, 1.54) is 43.5 Å². The molecule has 0 aliphatic carbocycles. The van der Waals surface area contributed by atoms with E-state index in [0.717, 1.165) is 18.2 Å². The van der Waals surface area contributed by atoms with Crippen molar-refractivity contribution in [3.8, 4) is 5.75 Å². The summed E-state index contributed by atoms with van der Waals surface area (Å²) in [5, 5.41) is 0. The fourth-order valence-corrected chi connectivity index (χ4v) is 2.01. The molecule has 0 saturated carbocycles. The van der Waals surface area contributed by atoms with Crippen LogP contribution in [0.3, 0.4) is 0 Å². The van der Waals surface area contributed by atoms with Crippen molar-refractivity contribution >= 4 is 23.9 Å². The molecule has 7 nitrogen and oxygen atoms in total.